The van der Waals surface area contributed by atoms with Gasteiger partial charge in [0.1, 0.15) is 6.10 Å². The fraction of sp³-hybridized carbons (Fsp3) is 0.533. The summed E-state index contributed by atoms with van der Waals surface area (Å²) >= 11 is 3.35. The first kappa shape index (κ1) is 15.1. The first-order valence-electron chi connectivity index (χ1n) is 7.28. The van der Waals surface area contributed by atoms with Gasteiger partial charge in [-0.25, -0.2) is 4.98 Å². The maximum atomic E-state index is 10.2. The van der Waals surface area contributed by atoms with Crippen LogP contribution in [0.1, 0.15) is 21.7 Å². The largest absolute Gasteiger partial charge is 0.386 e. The molecule has 0 aromatic carbocycles. The van der Waals surface area contributed by atoms with Gasteiger partial charge in [-0.2, -0.15) is 0 Å². The molecule has 21 heavy (non-hydrogen) atoms. The van der Waals surface area contributed by atoms with Crippen LogP contribution in [0, 0.1) is 6.92 Å². The van der Waals surface area contributed by atoms with Crippen molar-refractivity contribution >= 4 is 22.7 Å². The summed E-state index contributed by atoms with van der Waals surface area (Å²) in [7, 11) is 0. The molecule has 3 rings (SSSR count). The number of aryl methyl sites for hydroxylation is 1. The molecule has 1 atom stereocenters. The molecule has 0 saturated carbocycles. The Morgan fingerprint density at radius 2 is 2.00 bits per heavy atom. The zero-order chi connectivity index (χ0) is 14.7. The van der Waals surface area contributed by atoms with Crippen LogP contribution < -0.4 is 0 Å². The highest BCUT2D eigenvalue weighted by atomic mass is 32.1. The van der Waals surface area contributed by atoms with Crippen LogP contribution in [0.2, 0.25) is 0 Å². The monoisotopic (exact) mass is 323 g/mol. The fourth-order valence-electron chi connectivity index (χ4n) is 2.66. The molecule has 0 aliphatic carbocycles. The smallest absolute Gasteiger partial charge is 0.101 e. The third-order valence-electron chi connectivity index (χ3n) is 3.82. The lowest BCUT2D eigenvalue weighted by Crippen LogP contribution is -2.47. The summed E-state index contributed by atoms with van der Waals surface area (Å²) < 4.78 is 0. The molecule has 2 aromatic rings. The van der Waals surface area contributed by atoms with Crippen LogP contribution in [-0.4, -0.2) is 52.6 Å². The highest BCUT2D eigenvalue weighted by Crippen LogP contribution is 2.20. The van der Waals surface area contributed by atoms with E-state index in [1.54, 1.807) is 22.7 Å². The Hall–Kier alpha value is -0.790. The highest BCUT2D eigenvalue weighted by Gasteiger charge is 2.20. The number of aliphatic hydroxyl groups excluding tert-OH is 1. The average Bonchev–Trinajstić information content (AvgIpc) is 3.13. The van der Waals surface area contributed by atoms with E-state index in [0.717, 1.165) is 49.2 Å². The first-order chi connectivity index (χ1) is 10.2. The first-order valence-corrected chi connectivity index (χ1v) is 9.04. The maximum Gasteiger partial charge on any atom is 0.101 e. The number of aliphatic hydroxyl groups is 1. The number of β-amino-alcohol motifs (C(OH)–C–C–N with tert-alkyl or cyclic N) is 1. The topological polar surface area (TPSA) is 39.6 Å². The Labute approximate surface area is 133 Å². The van der Waals surface area contributed by atoms with Crippen LogP contribution in [0.5, 0.6) is 0 Å². The SMILES string of the molecule is Cc1nc(CN2CCN(C[C@@H](O)c3cccs3)CC2)cs1. The summed E-state index contributed by atoms with van der Waals surface area (Å²) in [4.78, 5) is 10.4. The van der Waals surface area contributed by atoms with Crippen LogP contribution >= 0.6 is 22.7 Å². The predicted molar refractivity (Wildman–Crippen MR) is 87.8 cm³/mol. The van der Waals surface area contributed by atoms with Crippen LogP contribution in [0.4, 0.5) is 0 Å². The minimum atomic E-state index is -0.349. The van der Waals surface area contributed by atoms with E-state index >= 15 is 0 Å². The molecular formula is C15H21N3OS2. The molecule has 1 aliphatic rings. The molecule has 6 heteroatoms. The molecule has 114 valence electrons. The molecular weight excluding hydrogens is 302 g/mol. The summed E-state index contributed by atoms with van der Waals surface area (Å²) in [5.41, 5.74) is 1.18. The highest BCUT2D eigenvalue weighted by molar-refractivity contribution is 7.10. The zero-order valence-corrected chi connectivity index (χ0v) is 13.9. The van der Waals surface area contributed by atoms with Gasteiger partial charge in [0.05, 0.1) is 10.7 Å². The molecule has 1 fully saturated rings. The van der Waals surface area contributed by atoms with Gasteiger partial charge in [0, 0.05) is 49.5 Å². The maximum absolute atomic E-state index is 10.2. The Morgan fingerprint density at radius 1 is 1.24 bits per heavy atom. The van der Waals surface area contributed by atoms with Gasteiger partial charge in [0.25, 0.3) is 0 Å². The van der Waals surface area contributed by atoms with Crippen molar-refractivity contribution in [2.45, 2.75) is 19.6 Å². The lowest BCUT2D eigenvalue weighted by atomic mass is 10.2. The van der Waals surface area contributed by atoms with E-state index in [-0.39, 0.29) is 6.10 Å². The summed E-state index contributed by atoms with van der Waals surface area (Å²) in [6, 6.07) is 4.01. The Bertz CT molecular complexity index is 547. The van der Waals surface area contributed by atoms with Crippen molar-refractivity contribution in [1.82, 2.24) is 14.8 Å². The lowest BCUT2D eigenvalue weighted by Gasteiger charge is -2.35. The third-order valence-corrected chi connectivity index (χ3v) is 5.62. The van der Waals surface area contributed by atoms with Crippen molar-refractivity contribution in [3.63, 3.8) is 0 Å². The molecule has 0 amide bonds. The average molecular weight is 323 g/mol. The minimum absolute atomic E-state index is 0.349. The van der Waals surface area contributed by atoms with Crippen molar-refractivity contribution in [2.75, 3.05) is 32.7 Å². The molecule has 4 nitrogen and oxygen atoms in total. The van der Waals surface area contributed by atoms with E-state index < -0.39 is 0 Å². The second kappa shape index (κ2) is 6.98. The van der Waals surface area contributed by atoms with Gasteiger partial charge in [0.15, 0.2) is 0 Å². The molecule has 2 aromatic heterocycles. The van der Waals surface area contributed by atoms with Gasteiger partial charge in [-0.05, 0) is 18.4 Å². The Morgan fingerprint density at radius 3 is 2.62 bits per heavy atom. The van der Waals surface area contributed by atoms with E-state index in [0.29, 0.717) is 0 Å². The van der Waals surface area contributed by atoms with Gasteiger partial charge < -0.3 is 5.11 Å². The molecule has 1 saturated heterocycles. The summed E-state index contributed by atoms with van der Waals surface area (Å²) in [5, 5.41) is 15.5. The lowest BCUT2D eigenvalue weighted by molar-refractivity contribution is 0.0712. The normalized spacial score (nSPS) is 19.0. The number of hydrogen-bond donors (Lipinski definition) is 1. The Balaban J connectivity index is 1.44. The minimum Gasteiger partial charge on any atom is -0.386 e. The van der Waals surface area contributed by atoms with Gasteiger partial charge in [-0.3, -0.25) is 9.80 Å². The molecule has 0 bridgehead atoms. The number of aromatic nitrogens is 1. The second-order valence-corrected chi connectivity index (χ2v) is 7.51. The molecule has 1 aliphatic heterocycles. The van der Waals surface area contributed by atoms with E-state index in [4.69, 9.17) is 0 Å². The van der Waals surface area contributed by atoms with E-state index in [1.807, 2.05) is 17.5 Å². The third kappa shape index (κ3) is 4.11. The molecule has 0 unspecified atom stereocenters. The zero-order valence-electron chi connectivity index (χ0n) is 12.2. The van der Waals surface area contributed by atoms with Crippen molar-refractivity contribution in [2.24, 2.45) is 0 Å². The quantitative estimate of drug-likeness (QED) is 0.917. The van der Waals surface area contributed by atoms with E-state index in [9.17, 15) is 5.11 Å². The van der Waals surface area contributed by atoms with Crippen molar-refractivity contribution < 1.29 is 5.11 Å². The van der Waals surface area contributed by atoms with Crippen molar-refractivity contribution in [3.8, 4) is 0 Å². The fourth-order valence-corrected chi connectivity index (χ4v) is 3.96. The number of piperazine rings is 1. The van der Waals surface area contributed by atoms with Crippen LogP contribution in [0.15, 0.2) is 22.9 Å². The molecule has 3 heterocycles. The van der Waals surface area contributed by atoms with Gasteiger partial charge >= 0.3 is 0 Å². The standard InChI is InChI=1S/C15H21N3OS2/c1-12-16-13(11-21-12)9-17-4-6-18(7-5-17)10-14(19)15-3-2-8-20-15/h2-3,8,11,14,19H,4-7,9-10H2,1H3/t14-/m1/s1. The van der Waals surface area contributed by atoms with E-state index in [1.165, 1.54) is 5.69 Å². The summed E-state index contributed by atoms with van der Waals surface area (Å²) in [6.07, 6.45) is -0.349. The van der Waals surface area contributed by atoms with Crippen LogP contribution in [0.3, 0.4) is 0 Å². The number of thiazole rings is 1. The van der Waals surface area contributed by atoms with Gasteiger partial charge in [0.2, 0.25) is 0 Å². The molecule has 0 spiro atoms. The van der Waals surface area contributed by atoms with Crippen molar-refractivity contribution in [3.05, 3.63) is 38.5 Å². The predicted octanol–water partition coefficient (Wildman–Crippen LogP) is 2.36. The second-order valence-electron chi connectivity index (χ2n) is 5.47. The summed E-state index contributed by atoms with van der Waals surface area (Å²) in [6.45, 7) is 7.88. The van der Waals surface area contributed by atoms with Crippen LogP contribution in [-0.2, 0) is 6.54 Å². The van der Waals surface area contributed by atoms with Gasteiger partial charge in [-0.15, -0.1) is 22.7 Å². The van der Waals surface area contributed by atoms with Gasteiger partial charge in [-0.1, -0.05) is 6.07 Å². The number of thiophene rings is 1. The molecule has 0 radical (unpaired) electrons. The number of hydrogen-bond acceptors (Lipinski definition) is 6. The molecule has 1 N–H and O–H groups in total. The van der Waals surface area contributed by atoms with Crippen molar-refractivity contribution in [1.29, 1.82) is 0 Å². The number of rotatable bonds is 5. The van der Waals surface area contributed by atoms with E-state index in [2.05, 4.69) is 27.1 Å². The summed E-state index contributed by atoms with van der Waals surface area (Å²) in [5.74, 6) is 0. The van der Waals surface area contributed by atoms with Crippen LogP contribution in [0.25, 0.3) is 0 Å². The Kier molecular flexibility index (Phi) is 5.03. The number of nitrogens with zero attached hydrogens (tertiary/aromatic N) is 3.